The number of nitrogens with one attached hydrogen (secondary N) is 1. The molecule has 0 aliphatic rings. The van der Waals surface area contributed by atoms with Crippen molar-refractivity contribution in [3.05, 3.63) is 46.0 Å². The number of hydrogen-bond acceptors (Lipinski definition) is 4. The minimum atomic E-state index is 0.0889. The number of nitrogens with zero attached hydrogens (tertiary/aromatic N) is 3. The predicted octanol–water partition coefficient (Wildman–Crippen LogP) is 3.46. The molecule has 0 aromatic carbocycles. The first kappa shape index (κ1) is 12.3. The Labute approximate surface area is 113 Å². The highest BCUT2D eigenvalue weighted by molar-refractivity contribution is 9.10. The van der Waals surface area contributed by atoms with Gasteiger partial charge in [-0.15, -0.1) is 0 Å². The Morgan fingerprint density at radius 3 is 2.94 bits per heavy atom. The molecule has 6 heteroatoms. The Balaban J connectivity index is 2.19. The fourth-order valence-corrected chi connectivity index (χ4v) is 1.82. The fourth-order valence-electron chi connectivity index (χ4n) is 1.37. The molecule has 1 unspecified atom stereocenters. The Morgan fingerprint density at radius 1 is 1.41 bits per heavy atom. The zero-order valence-corrected chi connectivity index (χ0v) is 11.4. The van der Waals surface area contributed by atoms with Crippen molar-refractivity contribution in [2.75, 3.05) is 5.32 Å². The number of halogens is 2. The third kappa shape index (κ3) is 2.92. The van der Waals surface area contributed by atoms with E-state index in [-0.39, 0.29) is 6.04 Å². The lowest BCUT2D eigenvalue weighted by Crippen LogP contribution is -2.09. The lowest BCUT2D eigenvalue weighted by molar-refractivity contribution is 0.862. The smallest absolute Gasteiger partial charge is 0.148 e. The highest BCUT2D eigenvalue weighted by Gasteiger charge is 2.10. The molecule has 2 heterocycles. The van der Waals surface area contributed by atoms with Crippen LogP contribution in [0.15, 0.2) is 35.3 Å². The largest absolute Gasteiger partial charge is 0.362 e. The van der Waals surface area contributed by atoms with E-state index < -0.39 is 0 Å². The molecule has 0 aliphatic carbocycles. The van der Waals surface area contributed by atoms with E-state index in [0.717, 1.165) is 5.56 Å². The van der Waals surface area contributed by atoms with Crippen molar-refractivity contribution in [3.8, 4) is 0 Å². The number of pyridine rings is 1. The zero-order chi connectivity index (χ0) is 12.3. The van der Waals surface area contributed by atoms with Crippen LogP contribution in [0.25, 0.3) is 0 Å². The van der Waals surface area contributed by atoms with Crippen molar-refractivity contribution in [1.29, 1.82) is 0 Å². The van der Waals surface area contributed by atoms with Crippen LogP contribution >= 0.6 is 27.5 Å². The van der Waals surface area contributed by atoms with Gasteiger partial charge in [0.05, 0.1) is 10.5 Å². The van der Waals surface area contributed by atoms with Gasteiger partial charge in [0.2, 0.25) is 0 Å². The van der Waals surface area contributed by atoms with Crippen LogP contribution in [0.5, 0.6) is 0 Å². The van der Waals surface area contributed by atoms with Crippen molar-refractivity contribution in [2.45, 2.75) is 13.0 Å². The van der Waals surface area contributed by atoms with E-state index >= 15 is 0 Å². The van der Waals surface area contributed by atoms with E-state index in [4.69, 9.17) is 11.6 Å². The molecule has 2 aromatic heterocycles. The first-order valence-corrected chi connectivity index (χ1v) is 6.18. The maximum atomic E-state index is 5.89. The number of anilines is 1. The molecule has 4 nitrogen and oxygen atoms in total. The average molecular weight is 314 g/mol. The van der Waals surface area contributed by atoms with Crippen LogP contribution in [-0.4, -0.2) is 15.0 Å². The van der Waals surface area contributed by atoms with Gasteiger partial charge in [-0.3, -0.25) is 4.98 Å². The quantitative estimate of drug-likeness (QED) is 0.882. The van der Waals surface area contributed by atoms with Crippen molar-refractivity contribution in [3.63, 3.8) is 0 Å². The molecular formula is C11H10BrClN4. The molecule has 0 aliphatic heterocycles. The fraction of sp³-hybridized carbons (Fsp3) is 0.182. The number of hydrogen-bond donors (Lipinski definition) is 1. The molecule has 88 valence electrons. The van der Waals surface area contributed by atoms with Crippen LogP contribution in [0.3, 0.4) is 0 Å². The summed E-state index contributed by atoms with van der Waals surface area (Å²) < 4.78 is 0.664. The topological polar surface area (TPSA) is 50.7 Å². The van der Waals surface area contributed by atoms with Gasteiger partial charge in [0, 0.05) is 12.4 Å². The summed E-state index contributed by atoms with van der Waals surface area (Å²) in [6, 6.07) is 3.99. The molecular weight excluding hydrogens is 304 g/mol. The summed E-state index contributed by atoms with van der Waals surface area (Å²) in [5.74, 6) is 0.668. The molecule has 0 saturated heterocycles. The van der Waals surface area contributed by atoms with Gasteiger partial charge >= 0.3 is 0 Å². The molecule has 0 saturated carbocycles. The Morgan fingerprint density at radius 2 is 2.24 bits per heavy atom. The monoisotopic (exact) mass is 312 g/mol. The maximum Gasteiger partial charge on any atom is 0.148 e. The number of rotatable bonds is 3. The SMILES string of the molecule is CC(Nc1ncnc(Cl)c1Br)c1cccnc1. The van der Waals surface area contributed by atoms with Gasteiger partial charge in [-0.25, -0.2) is 9.97 Å². The van der Waals surface area contributed by atoms with Gasteiger partial charge < -0.3 is 5.32 Å². The van der Waals surface area contributed by atoms with Gasteiger partial charge in [-0.05, 0) is 34.5 Å². The van der Waals surface area contributed by atoms with Crippen LogP contribution in [0.4, 0.5) is 5.82 Å². The second kappa shape index (κ2) is 5.42. The first-order chi connectivity index (χ1) is 8.18. The molecule has 1 atom stereocenters. The molecule has 0 spiro atoms. The Kier molecular flexibility index (Phi) is 3.91. The summed E-state index contributed by atoms with van der Waals surface area (Å²) >= 11 is 9.24. The van der Waals surface area contributed by atoms with E-state index in [1.54, 1.807) is 6.20 Å². The minimum Gasteiger partial charge on any atom is -0.362 e. The van der Waals surface area contributed by atoms with Crippen LogP contribution in [0, 0.1) is 0 Å². The van der Waals surface area contributed by atoms with Crippen molar-refractivity contribution in [2.24, 2.45) is 0 Å². The summed E-state index contributed by atoms with van der Waals surface area (Å²) in [6.45, 7) is 2.03. The highest BCUT2D eigenvalue weighted by Crippen LogP contribution is 2.28. The highest BCUT2D eigenvalue weighted by atomic mass is 79.9. The van der Waals surface area contributed by atoms with E-state index in [2.05, 4.69) is 36.2 Å². The van der Waals surface area contributed by atoms with Crippen molar-refractivity contribution < 1.29 is 0 Å². The molecule has 0 radical (unpaired) electrons. The van der Waals surface area contributed by atoms with Gasteiger partial charge in [0.15, 0.2) is 0 Å². The third-order valence-corrected chi connectivity index (χ3v) is 3.55. The molecule has 0 amide bonds. The summed E-state index contributed by atoms with van der Waals surface area (Å²) in [6.07, 6.45) is 4.98. The lowest BCUT2D eigenvalue weighted by Gasteiger charge is -2.15. The summed E-state index contributed by atoms with van der Waals surface area (Å²) in [5.41, 5.74) is 1.08. The van der Waals surface area contributed by atoms with Crippen LogP contribution in [0.1, 0.15) is 18.5 Å². The molecule has 2 aromatic rings. The molecule has 1 N–H and O–H groups in total. The Hall–Kier alpha value is -1.20. The summed E-state index contributed by atoms with van der Waals surface area (Å²) in [7, 11) is 0. The predicted molar refractivity (Wildman–Crippen MR) is 71.0 cm³/mol. The lowest BCUT2D eigenvalue weighted by atomic mass is 10.1. The second-order valence-electron chi connectivity index (χ2n) is 3.48. The first-order valence-electron chi connectivity index (χ1n) is 5.01. The summed E-state index contributed by atoms with van der Waals surface area (Å²) in [4.78, 5) is 12.1. The second-order valence-corrected chi connectivity index (χ2v) is 4.63. The van der Waals surface area contributed by atoms with Gasteiger partial charge in [0.25, 0.3) is 0 Å². The molecule has 0 fully saturated rings. The van der Waals surface area contributed by atoms with Gasteiger partial charge in [-0.1, -0.05) is 17.7 Å². The van der Waals surface area contributed by atoms with Gasteiger partial charge in [0.1, 0.15) is 17.3 Å². The van der Waals surface area contributed by atoms with E-state index in [0.29, 0.717) is 15.4 Å². The van der Waals surface area contributed by atoms with E-state index in [1.165, 1.54) is 6.33 Å². The Bertz CT molecular complexity index is 506. The number of aromatic nitrogens is 3. The van der Waals surface area contributed by atoms with Gasteiger partial charge in [-0.2, -0.15) is 0 Å². The van der Waals surface area contributed by atoms with Crippen LogP contribution in [-0.2, 0) is 0 Å². The minimum absolute atomic E-state index is 0.0889. The average Bonchev–Trinajstić information content (AvgIpc) is 2.36. The van der Waals surface area contributed by atoms with Crippen molar-refractivity contribution >= 4 is 33.3 Å². The third-order valence-electron chi connectivity index (χ3n) is 2.28. The van der Waals surface area contributed by atoms with Crippen LogP contribution < -0.4 is 5.32 Å². The van der Waals surface area contributed by atoms with Crippen LogP contribution in [0.2, 0.25) is 5.15 Å². The normalized spacial score (nSPS) is 12.2. The maximum absolute atomic E-state index is 5.89. The molecule has 0 bridgehead atoms. The standard InChI is InChI=1S/C11H10BrClN4/c1-7(8-3-2-4-14-5-8)17-11-9(12)10(13)15-6-16-11/h2-7H,1H3,(H,15,16,17). The van der Waals surface area contributed by atoms with E-state index in [9.17, 15) is 0 Å². The zero-order valence-electron chi connectivity index (χ0n) is 9.06. The summed E-state index contributed by atoms with van der Waals surface area (Å²) in [5, 5.41) is 3.63. The molecule has 17 heavy (non-hydrogen) atoms. The van der Waals surface area contributed by atoms with E-state index in [1.807, 2.05) is 25.3 Å². The molecule has 2 rings (SSSR count). The van der Waals surface area contributed by atoms with Crippen molar-refractivity contribution in [1.82, 2.24) is 15.0 Å².